The van der Waals surface area contributed by atoms with E-state index in [-0.39, 0.29) is 5.54 Å². The van der Waals surface area contributed by atoms with E-state index in [1.165, 1.54) is 29.7 Å². The summed E-state index contributed by atoms with van der Waals surface area (Å²) in [7, 11) is 0. The van der Waals surface area contributed by atoms with Gasteiger partial charge in [0, 0.05) is 10.9 Å². The highest BCUT2D eigenvalue weighted by Crippen LogP contribution is 2.26. The molecule has 108 valence electrons. The number of unbranched alkanes of at least 4 members (excludes halogenated alkanes) is 1. The Hall–Kier alpha value is -0.980. The molecular weight excluding hydrogens is 264 g/mol. The highest BCUT2D eigenvalue weighted by atomic mass is 32.2. The van der Waals surface area contributed by atoms with Crippen LogP contribution in [0.15, 0.2) is 29.2 Å². The van der Waals surface area contributed by atoms with Crippen LogP contribution in [0.2, 0.25) is 0 Å². The molecule has 2 rings (SSSR count). The van der Waals surface area contributed by atoms with Crippen molar-refractivity contribution in [2.24, 2.45) is 0 Å². The molecule has 1 aliphatic rings. The molecule has 1 saturated carbocycles. The summed E-state index contributed by atoms with van der Waals surface area (Å²) < 4.78 is 0. The molecule has 1 aliphatic carbocycles. The van der Waals surface area contributed by atoms with Crippen LogP contribution in [0, 0.1) is 18.3 Å². The number of hydrogen-bond acceptors (Lipinski definition) is 3. The normalized spacial score (nSPS) is 17.4. The first-order valence-corrected chi connectivity index (χ1v) is 8.49. The monoisotopic (exact) mass is 288 g/mol. The minimum absolute atomic E-state index is 0.325. The number of rotatable bonds is 8. The van der Waals surface area contributed by atoms with Crippen molar-refractivity contribution in [3.05, 3.63) is 29.8 Å². The third-order valence-corrected chi connectivity index (χ3v) is 5.03. The molecule has 1 aromatic carbocycles. The second-order valence-corrected chi connectivity index (χ2v) is 7.07. The second kappa shape index (κ2) is 7.15. The molecule has 0 bridgehead atoms. The fourth-order valence-electron chi connectivity index (χ4n) is 2.32. The molecule has 1 unspecified atom stereocenters. The lowest BCUT2D eigenvalue weighted by Crippen LogP contribution is -2.42. The van der Waals surface area contributed by atoms with Crippen LogP contribution < -0.4 is 5.32 Å². The Morgan fingerprint density at radius 3 is 2.75 bits per heavy atom. The SMILES string of the molecule is Cc1ccccc1SCCCCC(C)(C#N)NC1CC1. The summed E-state index contributed by atoms with van der Waals surface area (Å²) >= 11 is 1.93. The molecule has 1 N–H and O–H groups in total. The van der Waals surface area contributed by atoms with E-state index in [0.717, 1.165) is 18.6 Å². The van der Waals surface area contributed by atoms with Gasteiger partial charge in [0.1, 0.15) is 5.54 Å². The molecule has 0 aromatic heterocycles. The summed E-state index contributed by atoms with van der Waals surface area (Å²) in [6.45, 7) is 4.20. The number of hydrogen-bond donors (Lipinski definition) is 1. The maximum Gasteiger partial charge on any atom is 0.104 e. The summed E-state index contributed by atoms with van der Waals surface area (Å²) in [5.41, 5.74) is 1.03. The lowest BCUT2D eigenvalue weighted by molar-refractivity contribution is 0.402. The van der Waals surface area contributed by atoms with E-state index in [4.69, 9.17) is 0 Å². The largest absolute Gasteiger partial charge is 0.297 e. The van der Waals surface area contributed by atoms with Crippen LogP contribution >= 0.6 is 11.8 Å². The van der Waals surface area contributed by atoms with Gasteiger partial charge in [-0.25, -0.2) is 0 Å². The topological polar surface area (TPSA) is 35.8 Å². The Morgan fingerprint density at radius 2 is 2.10 bits per heavy atom. The van der Waals surface area contributed by atoms with Gasteiger partial charge in [0.2, 0.25) is 0 Å². The van der Waals surface area contributed by atoms with Crippen molar-refractivity contribution < 1.29 is 0 Å². The number of aryl methyl sites for hydroxylation is 1. The minimum Gasteiger partial charge on any atom is -0.297 e. The smallest absolute Gasteiger partial charge is 0.104 e. The van der Waals surface area contributed by atoms with Crippen LogP contribution in [0.1, 0.15) is 44.6 Å². The summed E-state index contributed by atoms with van der Waals surface area (Å²) in [6.07, 6.45) is 5.71. The highest BCUT2D eigenvalue weighted by molar-refractivity contribution is 7.99. The van der Waals surface area contributed by atoms with E-state index in [0.29, 0.717) is 6.04 Å². The van der Waals surface area contributed by atoms with Gasteiger partial charge >= 0.3 is 0 Å². The van der Waals surface area contributed by atoms with E-state index < -0.39 is 0 Å². The lowest BCUT2D eigenvalue weighted by atomic mass is 9.96. The first-order valence-electron chi connectivity index (χ1n) is 7.50. The van der Waals surface area contributed by atoms with Crippen LogP contribution in [0.3, 0.4) is 0 Å². The molecule has 20 heavy (non-hydrogen) atoms. The van der Waals surface area contributed by atoms with Gasteiger partial charge in [0.25, 0.3) is 0 Å². The molecule has 0 radical (unpaired) electrons. The maximum absolute atomic E-state index is 9.32. The van der Waals surface area contributed by atoms with E-state index >= 15 is 0 Å². The number of nitrogens with one attached hydrogen (secondary N) is 1. The minimum atomic E-state index is -0.325. The fraction of sp³-hybridized carbons (Fsp3) is 0.588. The van der Waals surface area contributed by atoms with Gasteiger partial charge < -0.3 is 0 Å². The second-order valence-electron chi connectivity index (χ2n) is 5.93. The molecule has 0 spiro atoms. The molecule has 0 heterocycles. The number of nitrogens with zero attached hydrogens (tertiary/aromatic N) is 1. The Labute approximate surface area is 127 Å². The quantitative estimate of drug-likeness (QED) is 0.572. The predicted octanol–water partition coefficient (Wildman–Crippen LogP) is 4.29. The summed E-state index contributed by atoms with van der Waals surface area (Å²) in [4.78, 5) is 1.38. The van der Waals surface area contributed by atoms with Gasteiger partial charge in [0.15, 0.2) is 0 Å². The van der Waals surface area contributed by atoms with Crippen molar-refractivity contribution in [2.75, 3.05) is 5.75 Å². The van der Waals surface area contributed by atoms with Crippen LogP contribution in [0.4, 0.5) is 0 Å². The molecule has 0 saturated heterocycles. The average Bonchev–Trinajstić information content (AvgIpc) is 3.24. The molecule has 1 aromatic rings. The molecule has 3 heteroatoms. The zero-order valence-electron chi connectivity index (χ0n) is 12.5. The number of thioether (sulfide) groups is 1. The fourth-order valence-corrected chi connectivity index (χ4v) is 3.36. The summed E-state index contributed by atoms with van der Waals surface area (Å²) in [6, 6.07) is 11.6. The first-order chi connectivity index (χ1) is 9.63. The predicted molar refractivity (Wildman–Crippen MR) is 85.9 cm³/mol. The first kappa shape index (κ1) is 15.4. The van der Waals surface area contributed by atoms with Crippen molar-refractivity contribution >= 4 is 11.8 Å². The van der Waals surface area contributed by atoms with Crippen molar-refractivity contribution in [3.63, 3.8) is 0 Å². The molecule has 1 atom stereocenters. The van der Waals surface area contributed by atoms with E-state index in [1.54, 1.807) is 0 Å². The van der Waals surface area contributed by atoms with E-state index in [1.807, 2.05) is 18.7 Å². The summed E-state index contributed by atoms with van der Waals surface area (Å²) in [5, 5.41) is 12.8. The van der Waals surface area contributed by atoms with Crippen molar-refractivity contribution in [3.8, 4) is 6.07 Å². The number of nitriles is 1. The Balaban J connectivity index is 1.66. The van der Waals surface area contributed by atoms with Crippen LogP contribution in [-0.2, 0) is 0 Å². The van der Waals surface area contributed by atoms with Gasteiger partial charge in [-0.1, -0.05) is 18.2 Å². The molecule has 2 nitrogen and oxygen atoms in total. The summed E-state index contributed by atoms with van der Waals surface area (Å²) in [5.74, 6) is 1.13. The Bertz CT molecular complexity index is 476. The van der Waals surface area contributed by atoms with Crippen molar-refractivity contribution in [2.45, 2.75) is 62.4 Å². The molecular formula is C17H24N2S. The zero-order chi connectivity index (χ0) is 14.4. The van der Waals surface area contributed by atoms with Crippen LogP contribution in [0.5, 0.6) is 0 Å². The third kappa shape index (κ3) is 4.85. The standard InChI is InChI=1S/C17H24N2S/c1-14-7-3-4-8-16(14)20-12-6-5-11-17(2,13-18)19-15-9-10-15/h3-4,7-8,15,19H,5-6,9-12H2,1-2H3. The van der Waals surface area contributed by atoms with Gasteiger partial charge in [-0.05, 0) is 63.3 Å². The van der Waals surface area contributed by atoms with Gasteiger partial charge in [-0.2, -0.15) is 5.26 Å². The van der Waals surface area contributed by atoms with E-state index in [2.05, 4.69) is 42.6 Å². The van der Waals surface area contributed by atoms with Crippen LogP contribution in [-0.4, -0.2) is 17.3 Å². The molecule has 0 aliphatic heterocycles. The molecule has 1 fully saturated rings. The zero-order valence-corrected chi connectivity index (χ0v) is 13.3. The van der Waals surface area contributed by atoms with Crippen LogP contribution in [0.25, 0.3) is 0 Å². The third-order valence-electron chi connectivity index (χ3n) is 3.77. The average molecular weight is 288 g/mol. The van der Waals surface area contributed by atoms with Crippen molar-refractivity contribution in [1.82, 2.24) is 5.32 Å². The van der Waals surface area contributed by atoms with Gasteiger partial charge in [-0.3, -0.25) is 5.32 Å². The highest BCUT2D eigenvalue weighted by Gasteiger charge is 2.31. The van der Waals surface area contributed by atoms with Gasteiger partial charge in [-0.15, -0.1) is 11.8 Å². The van der Waals surface area contributed by atoms with Crippen molar-refractivity contribution in [1.29, 1.82) is 5.26 Å². The van der Waals surface area contributed by atoms with E-state index in [9.17, 15) is 5.26 Å². The van der Waals surface area contributed by atoms with Gasteiger partial charge in [0.05, 0.1) is 6.07 Å². The molecule has 0 amide bonds. The lowest BCUT2D eigenvalue weighted by Gasteiger charge is -2.23. The Kier molecular flexibility index (Phi) is 5.51. The maximum atomic E-state index is 9.32. The number of benzene rings is 1. The Morgan fingerprint density at radius 1 is 1.35 bits per heavy atom.